The number of rotatable bonds is 5. The van der Waals surface area contributed by atoms with E-state index >= 15 is 0 Å². The molecule has 0 aliphatic heterocycles. The number of hydrogen-bond donors (Lipinski definition) is 1. The van der Waals surface area contributed by atoms with Crippen molar-refractivity contribution in [3.05, 3.63) is 65.0 Å². The van der Waals surface area contributed by atoms with Gasteiger partial charge in [-0.3, -0.25) is 4.79 Å². The Bertz CT molecular complexity index is 935. The van der Waals surface area contributed by atoms with Crippen molar-refractivity contribution in [1.82, 2.24) is 0 Å². The first-order valence-corrected chi connectivity index (χ1v) is 8.47. The van der Waals surface area contributed by atoms with Gasteiger partial charge in [-0.2, -0.15) is 0 Å². The van der Waals surface area contributed by atoms with Gasteiger partial charge in [0.15, 0.2) is 6.61 Å². The highest BCUT2D eigenvalue weighted by Gasteiger charge is 2.06. The van der Waals surface area contributed by atoms with E-state index in [1.54, 1.807) is 36.0 Å². The van der Waals surface area contributed by atoms with E-state index in [-0.39, 0.29) is 12.5 Å². The van der Waals surface area contributed by atoms with Crippen molar-refractivity contribution in [2.75, 3.05) is 18.2 Å². The molecule has 3 rings (SSSR count). The van der Waals surface area contributed by atoms with Crippen LogP contribution in [0.3, 0.4) is 0 Å². The first-order chi connectivity index (χ1) is 11.6. The molecule has 1 N–H and O–H groups in total. The minimum atomic E-state index is -0.425. The highest BCUT2D eigenvalue weighted by Crippen LogP contribution is 2.20. The third-order valence-electron chi connectivity index (χ3n) is 3.32. The summed E-state index contributed by atoms with van der Waals surface area (Å²) in [5, 5.41) is 3.57. The highest BCUT2D eigenvalue weighted by atomic mass is 32.2. The van der Waals surface area contributed by atoms with E-state index in [2.05, 4.69) is 5.32 Å². The van der Waals surface area contributed by atoms with Crippen LogP contribution in [-0.2, 0) is 4.79 Å². The molecule has 0 bridgehead atoms. The molecule has 2 aromatic carbocycles. The summed E-state index contributed by atoms with van der Waals surface area (Å²) in [5.41, 5.74) is 0.721. The Kier molecular flexibility index (Phi) is 4.86. The van der Waals surface area contributed by atoms with Crippen LogP contribution < -0.4 is 15.7 Å². The molecule has 1 heterocycles. The largest absolute Gasteiger partial charge is 0.484 e. The number of thioether (sulfide) groups is 1. The van der Waals surface area contributed by atoms with E-state index in [0.29, 0.717) is 11.3 Å². The fourth-order valence-electron chi connectivity index (χ4n) is 2.18. The molecule has 1 amide bonds. The maximum Gasteiger partial charge on any atom is 0.336 e. The lowest BCUT2D eigenvalue weighted by molar-refractivity contribution is -0.118. The summed E-state index contributed by atoms with van der Waals surface area (Å²) in [6.45, 7) is -0.133. The Balaban J connectivity index is 1.64. The number of hydrogen-bond acceptors (Lipinski definition) is 5. The summed E-state index contributed by atoms with van der Waals surface area (Å²) in [5.74, 6) is 0.202. The zero-order valence-corrected chi connectivity index (χ0v) is 13.8. The number of carbonyl (C=O) groups is 1. The molecule has 0 spiro atoms. The molecule has 3 aromatic rings. The Hall–Kier alpha value is -2.73. The van der Waals surface area contributed by atoms with Crippen LogP contribution in [0.1, 0.15) is 0 Å². The summed E-state index contributed by atoms with van der Waals surface area (Å²) in [4.78, 5) is 24.3. The zero-order valence-electron chi connectivity index (χ0n) is 12.9. The standard InChI is InChI=1S/C18H15NO4S/c1-24-15-4-2-3-13(9-15)19-17(20)11-22-14-7-5-12-6-8-18(21)23-16(12)10-14/h2-10H,11H2,1H3,(H,19,20). The molecular formula is C18H15NO4S. The maximum absolute atomic E-state index is 12.0. The van der Waals surface area contributed by atoms with E-state index in [1.807, 2.05) is 30.5 Å². The van der Waals surface area contributed by atoms with Crippen molar-refractivity contribution in [2.45, 2.75) is 4.90 Å². The van der Waals surface area contributed by atoms with Gasteiger partial charge in [-0.15, -0.1) is 11.8 Å². The van der Waals surface area contributed by atoms with Gasteiger partial charge in [0, 0.05) is 28.1 Å². The highest BCUT2D eigenvalue weighted by molar-refractivity contribution is 7.98. The Labute approximate surface area is 142 Å². The van der Waals surface area contributed by atoms with Gasteiger partial charge in [0.05, 0.1) is 0 Å². The van der Waals surface area contributed by atoms with Gasteiger partial charge in [0.25, 0.3) is 5.91 Å². The molecule has 0 unspecified atom stereocenters. The van der Waals surface area contributed by atoms with Gasteiger partial charge in [0.2, 0.25) is 0 Å². The Morgan fingerprint density at radius 3 is 2.83 bits per heavy atom. The van der Waals surface area contributed by atoms with Crippen LogP contribution in [0, 0.1) is 0 Å². The molecule has 6 heteroatoms. The number of amides is 1. The molecule has 0 aliphatic rings. The Morgan fingerprint density at radius 1 is 1.17 bits per heavy atom. The predicted octanol–water partition coefficient (Wildman–Crippen LogP) is 3.53. The number of nitrogens with one attached hydrogen (secondary N) is 1. The molecule has 0 atom stereocenters. The lowest BCUT2D eigenvalue weighted by Crippen LogP contribution is -2.20. The van der Waals surface area contributed by atoms with E-state index in [9.17, 15) is 9.59 Å². The van der Waals surface area contributed by atoms with Gasteiger partial charge in [0.1, 0.15) is 11.3 Å². The van der Waals surface area contributed by atoms with Crippen LogP contribution in [0.5, 0.6) is 5.75 Å². The second kappa shape index (κ2) is 7.23. The van der Waals surface area contributed by atoms with Crippen molar-refractivity contribution in [3.63, 3.8) is 0 Å². The van der Waals surface area contributed by atoms with Crippen LogP contribution in [0.4, 0.5) is 5.69 Å². The molecular weight excluding hydrogens is 326 g/mol. The molecule has 0 aliphatic carbocycles. The van der Waals surface area contributed by atoms with Crippen molar-refractivity contribution >= 4 is 34.3 Å². The second-order valence-electron chi connectivity index (χ2n) is 5.02. The van der Waals surface area contributed by atoms with Crippen LogP contribution >= 0.6 is 11.8 Å². The lowest BCUT2D eigenvalue weighted by Gasteiger charge is -2.08. The van der Waals surface area contributed by atoms with Gasteiger partial charge in [-0.05, 0) is 42.7 Å². The van der Waals surface area contributed by atoms with Gasteiger partial charge in [-0.1, -0.05) is 6.07 Å². The molecule has 5 nitrogen and oxygen atoms in total. The Morgan fingerprint density at radius 2 is 2.00 bits per heavy atom. The first kappa shape index (κ1) is 16.1. The van der Waals surface area contributed by atoms with Gasteiger partial charge in [-0.25, -0.2) is 4.79 Å². The lowest BCUT2D eigenvalue weighted by atomic mass is 10.2. The monoisotopic (exact) mass is 341 g/mol. The fraction of sp³-hybridized carbons (Fsp3) is 0.111. The summed E-state index contributed by atoms with van der Waals surface area (Å²) in [7, 11) is 0. The number of anilines is 1. The van der Waals surface area contributed by atoms with Crippen molar-refractivity contribution in [2.24, 2.45) is 0 Å². The molecule has 122 valence electrons. The van der Waals surface area contributed by atoms with Gasteiger partial charge >= 0.3 is 5.63 Å². The molecule has 1 aromatic heterocycles. The average molecular weight is 341 g/mol. The molecule has 0 saturated carbocycles. The second-order valence-corrected chi connectivity index (χ2v) is 5.90. The van der Waals surface area contributed by atoms with Crippen molar-refractivity contribution in [1.29, 1.82) is 0 Å². The third-order valence-corrected chi connectivity index (χ3v) is 4.04. The van der Waals surface area contributed by atoms with Crippen LogP contribution in [0.25, 0.3) is 11.0 Å². The fourth-order valence-corrected chi connectivity index (χ4v) is 2.64. The average Bonchev–Trinajstić information content (AvgIpc) is 2.59. The third kappa shape index (κ3) is 3.97. The first-order valence-electron chi connectivity index (χ1n) is 7.25. The topological polar surface area (TPSA) is 68.5 Å². The van der Waals surface area contributed by atoms with Crippen LogP contribution in [0.2, 0.25) is 0 Å². The molecule has 0 saturated heterocycles. The smallest absolute Gasteiger partial charge is 0.336 e. The summed E-state index contributed by atoms with van der Waals surface area (Å²) >= 11 is 1.60. The molecule has 24 heavy (non-hydrogen) atoms. The summed E-state index contributed by atoms with van der Waals surface area (Å²) in [6.07, 6.45) is 1.97. The van der Waals surface area contributed by atoms with E-state index in [4.69, 9.17) is 9.15 Å². The quantitative estimate of drug-likeness (QED) is 0.568. The number of fused-ring (bicyclic) bond motifs is 1. The van der Waals surface area contributed by atoms with E-state index < -0.39 is 5.63 Å². The van der Waals surface area contributed by atoms with Gasteiger partial charge < -0.3 is 14.5 Å². The van der Waals surface area contributed by atoms with Crippen LogP contribution in [0.15, 0.2) is 68.7 Å². The number of ether oxygens (including phenoxy) is 1. The zero-order chi connectivity index (χ0) is 16.9. The minimum Gasteiger partial charge on any atom is -0.484 e. The summed E-state index contributed by atoms with van der Waals surface area (Å²) < 4.78 is 10.6. The molecule has 0 fully saturated rings. The summed E-state index contributed by atoms with van der Waals surface area (Å²) in [6, 6.07) is 15.7. The normalized spacial score (nSPS) is 10.5. The number of benzene rings is 2. The predicted molar refractivity (Wildman–Crippen MR) is 94.8 cm³/mol. The van der Waals surface area contributed by atoms with E-state index in [0.717, 1.165) is 16.0 Å². The number of carbonyl (C=O) groups excluding carboxylic acids is 1. The maximum atomic E-state index is 12.0. The SMILES string of the molecule is CSc1cccc(NC(=O)COc2ccc3ccc(=O)oc3c2)c1. The minimum absolute atomic E-state index is 0.133. The molecule has 0 radical (unpaired) electrons. The van der Waals surface area contributed by atoms with E-state index in [1.165, 1.54) is 6.07 Å². The van der Waals surface area contributed by atoms with Crippen molar-refractivity contribution < 1.29 is 13.9 Å². The van der Waals surface area contributed by atoms with Crippen molar-refractivity contribution in [3.8, 4) is 5.75 Å². The van der Waals surface area contributed by atoms with Crippen LogP contribution in [-0.4, -0.2) is 18.8 Å².